The first kappa shape index (κ1) is 9.22. The topological polar surface area (TPSA) is 21.3 Å². The van der Waals surface area contributed by atoms with Gasteiger partial charge in [-0.2, -0.15) is 0 Å². The Morgan fingerprint density at radius 3 is 3.27 bits per heavy atom. The lowest BCUT2D eigenvalue weighted by molar-refractivity contribution is 0.357. The Hall–Kier alpha value is -1.02. The van der Waals surface area contributed by atoms with Crippen molar-refractivity contribution in [3.05, 3.63) is 29.3 Å². The Balaban J connectivity index is 1.77. The van der Waals surface area contributed by atoms with Gasteiger partial charge in [-0.05, 0) is 49.0 Å². The first-order valence-electron chi connectivity index (χ1n) is 5.78. The van der Waals surface area contributed by atoms with Crippen LogP contribution in [0, 0.1) is 5.92 Å². The summed E-state index contributed by atoms with van der Waals surface area (Å²) in [6.45, 7) is 2.02. The highest BCUT2D eigenvalue weighted by Gasteiger charge is 2.37. The number of hydrogen-bond acceptors (Lipinski definition) is 2. The second-order valence-corrected chi connectivity index (χ2v) is 4.63. The lowest BCUT2D eigenvalue weighted by atomic mass is 10.0. The van der Waals surface area contributed by atoms with Crippen molar-refractivity contribution in [3.8, 4) is 5.75 Å². The van der Waals surface area contributed by atoms with Crippen molar-refractivity contribution in [2.45, 2.75) is 18.8 Å². The first-order chi connectivity index (χ1) is 7.38. The summed E-state index contributed by atoms with van der Waals surface area (Å²) in [6, 6.07) is 6.74. The molecule has 0 radical (unpaired) electrons. The molecule has 1 saturated carbocycles. The van der Waals surface area contributed by atoms with Crippen molar-refractivity contribution in [3.63, 3.8) is 0 Å². The number of ether oxygens (including phenoxy) is 1. The summed E-state index contributed by atoms with van der Waals surface area (Å²) in [5.41, 5.74) is 2.92. The quantitative estimate of drug-likeness (QED) is 0.810. The van der Waals surface area contributed by atoms with E-state index < -0.39 is 0 Å². The van der Waals surface area contributed by atoms with E-state index in [1.165, 1.54) is 17.5 Å². The van der Waals surface area contributed by atoms with Gasteiger partial charge in [-0.1, -0.05) is 12.1 Å². The van der Waals surface area contributed by atoms with Gasteiger partial charge in [0.15, 0.2) is 0 Å². The Kier molecular flexibility index (Phi) is 2.17. The highest BCUT2D eigenvalue weighted by atomic mass is 16.5. The molecule has 0 saturated heterocycles. The van der Waals surface area contributed by atoms with Gasteiger partial charge in [0.25, 0.3) is 0 Å². The number of nitrogens with one attached hydrogen (secondary N) is 1. The summed E-state index contributed by atoms with van der Waals surface area (Å²) in [5.74, 6) is 2.75. The van der Waals surface area contributed by atoms with Crippen molar-refractivity contribution in [2.75, 3.05) is 20.2 Å². The minimum atomic E-state index is 0.795. The lowest BCUT2D eigenvalue weighted by Crippen LogP contribution is -2.10. The zero-order chi connectivity index (χ0) is 10.3. The molecule has 1 heterocycles. The van der Waals surface area contributed by atoms with E-state index in [1.807, 2.05) is 7.05 Å². The normalized spacial score (nSPS) is 27.3. The predicted molar refractivity (Wildman–Crippen MR) is 60.4 cm³/mol. The molecule has 1 fully saturated rings. The monoisotopic (exact) mass is 203 g/mol. The van der Waals surface area contributed by atoms with Crippen molar-refractivity contribution < 1.29 is 4.74 Å². The van der Waals surface area contributed by atoms with Crippen LogP contribution in [0.2, 0.25) is 0 Å². The second-order valence-electron chi connectivity index (χ2n) is 4.63. The van der Waals surface area contributed by atoms with Crippen molar-refractivity contribution in [1.29, 1.82) is 0 Å². The number of rotatable bonds is 3. The molecule has 2 heteroatoms. The van der Waals surface area contributed by atoms with E-state index in [2.05, 4.69) is 23.5 Å². The van der Waals surface area contributed by atoms with Crippen LogP contribution in [0.3, 0.4) is 0 Å². The van der Waals surface area contributed by atoms with E-state index in [-0.39, 0.29) is 0 Å². The molecule has 2 aliphatic rings. The molecule has 80 valence electrons. The van der Waals surface area contributed by atoms with Crippen LogP contribution in [0.1, 0.15) is 23.5 Å². The van der Waals surface area contributed by atoms with Gasteiger partial charge in [0.2, 0.25) is 0 Å². The van der Waals surface area contributed by atoms with Crippen LogP contribution >= 0.6 is 0 Å². The molecule has 0 amide bonds. The fourth-order valence-electron chi connectivity index (χ4n) is 2.58. The molecule has 2 atom stereocenters. The smallest absolute Gasteiger partial charge is 0.122 e. The highest BCUT2D eigenvalue weighted by Crippen LogP contribution is 2.47. The van der Waals surface area contributed by atoms with Crippen LogP contribution in [0.4, 0.5) is 0 Å². The van der Waals surface area contributed by atoms with E-state index in [0.29, 0.717) is 0 Å². The van der Waals surface area contributed by atoms with Crippen molar-refractivity contribution in [1.82, 2.24) is 5.32 Å². The Morgan fingerprint density at radius 2 is 2.40 bits per heavy atom. The van der Waals surface area contributed by atoms with Gasteiger partial charge in [0, 0.05) is 6.42 Å². The maximum Gasteiger partial charge on any atom is 0.122 e. The van der Waals surface area contributed by atoms with Gasteiger partial charge in [0.05, 0.1) is 6.61 Å². The zero-order valence-electron chi connectivity index (χ0n) is 9.12. The first-order valence-corrected chi connectivity index (χ1v) is 5.78. The lowest BCUT2D eigenvalue weighted by Gasteiger charge is -2.03. The van der Waals surface area contributed by atoms with Crippen molar-refractivity contribution in [2.24, 2.45) is 5.92 Å². The van der Waals surface area contributed by atoms with Crippen LogP contribution in [-0.2, 0) is 6.42 Å². The Morgan fingerprint density at radius 1 is 1.47 bits per heavy atom. The molecule has 15 heavy (non-hydrogen) atoms. The summed E-state index contributed by atoms with van der Waals surface area (Å²) in [6.07, 6.45) is 2.44. The summed E-state index contributed by atoms with van der Waals surface area (Å²) in [5, 5.41) is 3.26. The van der Waals surface area contributed by atoms with Gasteiger partial charge >= 0.3 is 0 Å². The Labute approximate surface area is 90.6 Å². The Bertz CT molecular complexity index is 375. The minimum Gasteiger partial charge on any atom is -0.493 e. The number of fused-ring (bicyclic) bond motifs is 1. The van der Waals surface area contributed by atoms with E-state index >= 15 is 0 Å². The molecule has 2 nitrogen and oxygen atoms in total. The molecule has 0 bridgehead atoms. The summed E-state index contributed by atoms with van der Waals surface area (Å²) >= 11 is 0. The molecule has 1 aliphatic heterocycles. The van der Waals surface area contributed by atoms with Gasteiger partial charge in [0.1, 0.15) is 5.75 Å². The van der Waals surface area contributed by atoms with Gasteiger partial charge in [-0.15, -0.1) is 0 Å². The molecular weight excluding hydrogens is 186 g/mol. The third kappa shape index (κ3) is 1.63. The summed E-state index contributed by atoms with van der Waals surface area (Å²) in [4.78, 5) is 0. The molecular formula is C13H17NO. The third-order valence-electron chi connectivity index (χ3n) is 3.53. The van der Waals surface area contributed by atoms with Crippen LogP contribution in [0.25, 0.3) is 0 Å². The molecule has 1 N–H and O–H groups in total. The molecule has 0 unspecified atom stereocenters. The fourth-order valence-corrected chi connectivity index (χ4v) is 2.58. The van der Waals surface area contributed by atoms with E-state index in [1.54, 1.807) is 0 Å². The van der Waals surface area contributed by atoms with Crippen LogP contribution in [-0.4, -0.2) is 20.2 Å². The predicted octanol–water partition coefficient (Wildman–Crippen LogP) is 1.94. The SMILES string of the molecule is CNC[C@@H]1C[C@H]1c1ccc2c(c1)CCO2. The van der Waals surface area contributed by atoms with Crippen LogP contribution < -0.4 is 10.1 Å². The largest absolute Gasteiger partial charge is 0.493 e. The average molecular weight is 203 g/mol. The van der Waals surface area contributed by atoms with Gasteiger partial charge in [-0.25, -0.2) is 0 Å². The number of benzene rings is 1. The van der Waals surface area contributed by atoms with Crippen molar-refractivity contribution >= 4 is 0 Å². The average Bonchev–Trinajstić information content (AvgIpc) is 2.87. The second kappa shape index (κ2) is 3.53. The summed E-state index contributed by atoms with van der Waals surface area (Å²) in [7, 11) is 2.03. The molecule has 3 rings (SSSR count). The van der Waals surface area contributed by atoms with Crippen LogP contribution in [0.15, 0.2) is 18.2 Å². The molecule has 0 spiro atoms. The molecule has 0 aromatic heterocycles. The third-order valence-corrected chi connectivity index (χ3v) is 3.53. The van der Waals surface area contributed by atoms with E-state index in [4.69, 9.17) is 4.74 Å². The van der Waals surface area contributed by atoms with E-state index in [0.717, 1.165) is 37.2 Å². The molecule has 1 aromatic carbocycles. The van der Waals surface area contributed by atoms with Crippen LogP contribution in [0.5, 0.6) is 5.75 Å². The molecule has 1 aromatic rings. The summed E-state index contributed by atoms with van der Waals surface area (Å²) < 4.78 is 5.52. The zero-order valence-corrected chi connectivity index (χ0v) is 9.12. The minimum absolute atomic E-state index is 0.795. The maximum absolute atomic E-state index is 5.52. The standard InChI is InChI=1S/C13H17NO/c1-14-8-11-7-12(11)9-2-3-13-10(6-9)4-5-15-13/h2-3,6,11-12,14H,4-5,7-8H2,1H3/t11-,12-/m0/s1. The van der Waals surface area contributed by atoms with Gasteiger partial charge < -0.3 is 10.1 Å². The number of hydrogen-bond donors (Lipinski definition) is 1. The highest BCUT2D eigenvalue weighted by molar-refractivity contribution is 5.42. The molecule has 1 aliphatic carbocycles. The van der Waals surface area contributed by atoms with E-state index in [9.17, 15) is 0 Å². The van der Waals surface area contributed by atoms with Gasteiger partial charge in [-0.3, -0.25) is 0 Å². The fraction of sp³-hybridized carbons (Fsp3) is 0.538. The maximum atomic E-state index is 5.52.